The first-order chi connectivity index (χ1) is 11.8. The second-order valence-electron chi connectivity index (χ2n) is 6.90. The SMILES string of the molecule is C=CCN1C[C@H](C=C)[C@]2(C1)c1ccccc1N[C@H]2c1ccccc1. The van der Waals surface area contributed by atoms with Crippen LogP contribution in [-0.2, 0) is 5.41 Å². The Morgan fingerprint density at radius 3 is 2.58 bits per heavy atom. The molecule has 0 unspecified atom stereocenters. The summed E-state index contributed by atoms with van der Waals surface area (Å²) in [5.74, 6) is 0.416. The number of nitrogens with one attached hydrogen (secondary N) is 1. The minimum Gasteiger partial charge on any atom is -0.377 e. The molecule has 2 aliphatic rings. The van der Waals surface area contributed by atoms with Gasteiger partial charge in [0.2, 0.25) is 0 Å². The van der Waals surface area contributed by atoms with E-state index in [2.05, 4.69) is 84.0 Å². The van der Waals surface area contributed by atoms with Crippen LogP contribution in [0.4, 0.5) is 5.69 Å². The van der Waals surface area contributed by atoms with E-state index in [0.29, 0.717) is 5.92 Å². The topological polar surface area (TPSA) is 15.3 Å². The molecule has 1 spiro atoms. The first-order valence-corrected chi connectivity index (χ1v) is 8.66. The monoisotopic (exact) mass is 316 g/mol. The van der Waals surface area contributed by atoms with Crippen LogP contribution in [0.15, 0.2) is 79.9 Å². The van der Waals surface area contributed by atoms with Crippen LogP contribution in [0, 0.1) is 5.92 Å². The minimum absolute atomic E-state index is 0.0305. The molecule has 2 aromatic rings. The van der Waals surface area contributed by atoms with Gasteiger partial charge in [-0.2, -0.15) is 0 Å². The molecule has 2 heterocycles. The molecule has 4 rings (SSSR count). The van der Waals surface area contributed by atoms with Gasteiger partial charge in [-0.15, -0.1) is 13.2 Å². The minimum atomic E-state index is 0.0305. The number of rotatable bonds is 4. The van der Waals surface area contributed by atoms with Crippen LogP contribution in [0.2, 0.25) is 0 Å². The van der Waals surface area contributed by atoms with Crippen molar-refractivity contribution >= 4 is 5.69 Å². The van der Waals surface area contributed by atoms with Crippen molar-refractivity contribution < 1.29 is 0 Å². The van der Waals surface area contributed by atoms with E-state index in [0.717, 1.165) is 19.6 Å². The van der Waals surface area contributed by atoms with E-state index >= 15 is 0 Å². The zero-order valence-corrected chi connectivity index (χ0v) is 14.0. The van der Waals surface area contributed by atoms with Crippen molar-refractivity contribution in [3.8, 4) is 0 Å². The number of benzene rings is 2. The van der Waals surface area contributed by atoms with Crippen LogP contribution in [0.25, 0.3) is 0 Å². The molecule has 0 amide bonds. The summed E-state index contributed by atoms with van der Waals surface area (Å²) in [6.45, 7) is 11.1. The normalized spacial score (nSPS) is 28.5. The Hall–Kier alpha value is -2.32. The van der Waals surface area contributed by atoms with Crippen molar-refractivity contribution in [2.24, 2.45) is 5.92 Å². The number of nitrogens with zero attached hydrogens (tertiary/aromatic N) is 1. The Labute approximate surface area is 144 Å². The summed E-state index contributed by atoms with van der Waals surface area (Å²) in [5.41, 5.74) is 4.07. The van der Waals surface area contributed by atoms with Gasteiger partial charge in [0.25, 0.3) is 0 Å². The Balaban J connectivity index is 1.87. The Morgan fingerprint density at radius 1 is 1.08 bits per heavy atom. The van der Waals surface area contributed by atoms with E-state index in [1.54, 1.807) is 0 Å². The van der Waals surface area contributed by atoms with Crippen LogP contribution in [0.3, 0.4) is 0 Å². The fourth-order valence-corrected chi connectivity index (χ4v) is 4.67. The summed E-state index contributed by atoms with van der Waals surface area (Å²) in [7, 11) is 0. The van der Waals surface area contributed by atoms with Gasteiger partial charge in [-0.25, -0.2) is 0 Å². The molecule has 1 N–H and O–H groups in total. The third kappa shape index (κ3) is 2.14. The largest absolute Gasteiger partial charge is 0.377 e. The smallest absolute Gasteiger partial charge is 0.0629 e. The van der Waals surface area contributed by atoms with E-state index in [9.17, 15) is 0 Å². The van der Waals surface area contributed by atoms with Crippen molar-refractivity contribution in [1.29, 1.82) is 0 Å². The summed E-state index contributed by atoms with van der Waals surface area (Å²) in [6, 6.07) is 19.9. The van der Waals surface area contributed by atoms with Gasteiger partial charge in [-0.3, -0.25) is 4.90 Å². The van der Waals surface area contributed by atoms with Crippen LogP contribution < -0.4 is 5.32 Å². The maximum Gasteiger partial charge on any atom is 0.0629 e. The van der Waals surface area contributed by atoms with Crippen LogP contribution in [0.1, 0.15) is 17.2 Å². The molecular weight excluding hydrogens is 292 g/mol. The van der Waals surface area contributed by atoms with Crippen LogP contribution in [-0.4, -0.2) is 24.5 Å². The zero-order chi connectivity index (χ0) is 16.6. The fraction of sp³-hybridized carbons (Fsp3) is 0.273. The molecule has 0 aliphatic carbocycles. The summed E-state index contributed by atoms with van der Waals surface area (Å²) in [6.07, 6.45) is 4.16. The van der Waals surface area contributed by atoms with Gasteiger partial charge in [-0.05, 0) is 17.2 Å². The van der Waals surface area contributed by atoms with E-state index in [1.165, 1.54) is 16.8 Å². The standard InChI is InChI=1S/C22H24N2/c1-3-14-24-15-18(4-2)22(16-24)19-12-8-9-13-20(19)23-21(22)17-10-6-5-7-11-17/h3-13,18,21,23H,1-2,14-16H2/t18-,21-,22+/m0/s1. The highest BCUT2D eigenvalue weighted by Crippen LogP contribution is 2.56. The highest BCUT2D eigenvalue weighted by atomic mass is 15.2. The van der Waals surface area contributed by atoms with E-state index in [1.807, 2.05) is 6.08 Å². The maximum atomic E-state index is 4.18. The Bertz CT molecular complexity index is 752. The number of para-hydroxylation sites is 1. The Kier molecular flexibility index (Phi) is 3.78. The molecule has 0 bridgehead atoms. The number of likely N-dealkylation sites (tertiary alicyclic amines) is 1. The highest BCUT2D eigenvalue weighted by molar-refractivity contribution is 5.65. The lowest BCUT2D eigenvalue weighted by molar-refractivity contribution is 0.319. The lowest BCUT2D eigenvalue weighted by atomic mass is 9.67. The van der Waals surface area contributed by atoms with Gasteiger partial charge in [0.15, 0.2) is 0 Å². The fourth-order valence-electron chi connectivity index (χ4n) is 4.67. The predicted octanol–water partition coefficient (Wildman–Crippen LogP) is 4.40. The zero-order valence-electron chi connectivity index (χ0n) is 14.0. The van der Waals surface area contributed by atoms with Crippen molar-refractivity contribution in [2.45, 2.75) is 11.5 Å². The molecule has 0 radical (unpaired) electrons. The molecule has 122 valence electrons. The molecule has 3 atom stereocenters. The lowest BCUT2D eigenvalue weighted by Crippen LogP contribution is -2.39. The maximum absolute atomic E-state index is 4.18. The quantitative estimate of drug-likeness (QED) is 0.841. The average Bonchev–Trinajstić information content (AvgIpc) is 3.16. The highest BCUT2D eigenvalue weighted by Gasteiger charge is 2.55. The molecule has 1 fully saturated rings. The molecule has 1 saturated heterocycles. The third-order valence-electron chi connectivity index (χ3n) is 5.65. The third-order valence-corrected chi connectivity index (χ3v) is 5.65. The van der Waals surface area contributed by atoms with Gasteiger partial charge >= 0.3 is 0 Å². The number of fused-ring (bicyclic) bond motifs is 2. The second kappa shape index (κ2) is 5.95. The number of hydrogen-bond donors (Lipinski definition) is 1. The van der Waals surface area contributed by atoms with Gasteiger partial charge in [-0.1, -0.05) is 60.7 Å². The average molecular weight is 316 g/mol. The molecule has 2 nitrogen and oxygen atoms in total. The van der Waals surface area contributed by atoms with Crippen LogP contribution in [0.5, 0.6) is 0 Å². The van der Waals surface area contributed by atoms with Crippen molar-refractivity contribution in [1.82, 2.24) is 4.90 Å². The molecular formula is C22H24N2. The van der Waals surface area contributed by atoms with E-state index in [-0.39, 0.29) is 11.5 Å². The van der Waals surface area contributed by atoms with E-state index < -0.39 is 0 Å². The lowest BCUT2D eigenvalue weighted by Gasteiger charge is -2.36. The molecule has 0 saturated carbocycles. The van der Waals surface area contributed by atoms with Gasteiger partial charge in [0, 0.05) is 36.7 Å². The van der Waals surface area contributed by atoms with E-state index in [4.69, 9.17) is 0 Å². The van der Waals surface area contributed by atoms with Crippen LogP contribution >= 0.6 is 0 Å². The molecule has 24 heavy (non-hydrogen) atoms. The molecule has 0 aromatic heterocycles. The summed E-state index contributed by atoms with van der Waals surface area (Å²) < 4.78 is 0. The molecule has 2 heteroatoms. The summed E-state index contributed by atoms with van der Waals surface area (Å²) in [4.78, 5) is 2.50. The Morgan fingerprint density at radius 2 is 1.83 bits per heavy atom. The predicted molar refractivity (Wildman–Crippen MR) is 101 cm³/mol. The first kappa shape index (κ1) is 15.2. The number of hydrogen-bond acceptors (Lipinski definition) is 2. The first-order valence-electron chi connectivity index (χ1n) is 8.66. The number of anilines is 1. The molecule has 2 aliphatic heterocycles. The van der Waals surface area contributed by atoms with Crippen molar-refractivity contribution in [2.75, 3.05) is 25.0 Å². The second-order valence-corrected chi connectivity index (χ2v) is 6.90. The van der Waals surface area contributed by atoms with Crippen molar-refractivity contribution in [3.63, 3.8) is 0 Å². The van der Waals surface area contributed by atoms with Gasteiger partial charge < -0.3 is 5.32 Å². The van der Waals surface area contributed by atoms with Gasteiger partial charge in [0.1, 0.15) is 0 Å². The summed E-state index contributed by atoms with van der Waals surface area (Å²) >= 11 is 0. The van der Waals surface area contributed by atoms with Gasteiger partial charge in [0.05, 0.1) is 6.04 Å². The summed E-state index contributed by atoms with van der Waals surface area (Å²) in [5, 5.41) is 3.81. The molecule has 2 aromatic carbocycles. The van der Waals surface area contributed by atoms with Crippen molar-refractivity contribution in [3.05, 3.63) is 91.0 Å².